The second kappa shape index (κ2) is 4.45. The molecule has 0 aromatic carbocycles. The van der Waals surface area contributed by atoms with Gasteiger partial charge < -0.3 is 15.4 Å². The van der Waals surface area contributed by atoms with E-state index in [4.69, 9.17) is 22.7 Å². The Labute approximate surface area is 95.8 Å². The molecule has 1 rings (SSSR count). The Morgan fingerprint density at radius 2 is 2.20 bits per heavy atom. The van der Waals surface area contributed by atoms with Gasteiger partial charge in [-0.25, -0.2) is 0 Å². The Hall–Kier alpha value is -0.680. The first-order chi connectivity index (χ1) is 6.85. The van der Waals surface area contributed by atoms with Gasteiger partial charge >= 0.3 is 0 Å². The predicted octanol–water partition coefficient (Wildman–Crippen LogP) is 0.546. The number of morpholine rings is 1. The molecule has 1 saturated heterocycles. The van der Waals surface area contributed by atoms with E-state index in [0.717, 1.165) is 0 Å². The van der Waals surface area contributed by atoms with Crippen molar-refractivity contribution in [2.75, 3.05) is 19.7 Å². The first-order valence-corrected chi connectivity index (χ1v) is 5.47. The van der Waals surface area contributed by atoms with Crippen LogP contribution in [0.15, 0.2) is 0 Å². The summed E-state index contributed by atoms with van der Waals surface area (Å²) in [6.45, 7) is 7.29. The number of carbonyl (C=O) groups is 1. The molecular weight excluding hydrogens is 212 g/mol. The highest BCUT2D eigenvalue weighted by Gasteiger charge is 2.36. The minimum atomic E-state index is -0.758. The summed E-state index contributed by atoms with van der Waals surface area (Å²) in [6.07, 6.45) is 0.0878. The lowest BCUT2D eigenvalue weighted by Crippen LogP contribution is -2.52. The molecule has 1 aliphatic rings. The zero-order valence-electron chi connectivity index (χ0n) is 9.45. The van der Waals surface area contributed by atoms with Crippen LogP contribution in [0.2, 0.25) is 0 Å². The fraction of sp³-hybridized carbons (Fsp3) is 0.800. The Balaban J connectivity index is 2.71. The van der Waals surface area contributed by atoms with Crippen LogP contribution in [0.4, 0.5) is 0 Å². The van der Waals surface area contributed by atoms with Gasteiger partial charge in [-0.15, -0.1) is 0 Å². The van der Waals surface area contributed by atoms with E-state index >= 15 is 0 Å². The number of amides is 1. The molecule has 1 aliphatic heterocycles. The van der Waals surface area contributed by atoms with Crippen LogP contribution < -0.4 is 5.73 Å². The summed E-state index contributed by atoms with van der Waals surface area (Å²) in [5, 5.41) is 0. The van der Waals surface area contributed by atoms with E-state index < -0.39 is 5.41 Å². The first kappa shape index (κ1) is 12.4. The molecule has 5 heteroatoms. The van der Waals surface area contributed by atoms with Crippen LogP contribution in [0.25, 0.3) is 0 Å². The number of carbonyl (C=O) groups excluding carboxylic acids is 1. The lowest BCUT2D eigenvalue weighted by Gasteiger charge is -2.36. The van der Waals surface area contributed by atoms with Crippen LogP contribution in [0.3, 0.4) is 0 Å². The van der Waals surface area contributed by atoms with Gasteiger partial charge in [-0.1, -0.05) is 12.2 Å². The van der Waals surface area contributed by atoms with Gasteiger partial charge in [-0.05, 0) is 20.8 Å². The SMILES string of the molecule is CC1CN(C(=O)C(C)(C)C(N)=S)CCO1. The van der Waals surface area contributed by atoms with Crippen LogP contribution in [-0.4, -0.2) is 41.6 Å². The van der Waals surface area contributed by atoms with E-state index in [1.165, 1.54) is 0 Å². The minimum Gasteiger partial charge on any atom is -0.392 e. The third-order valence-electron chi connectivity index (χ3n) is 2.68. The quantitative estimate of drug-likeness (QED) is 0.704. The standard InChI is InChI=1S/C10H18N2O2S/c1-7-6-12(4-5-14-7)9(13)10(2,3)8(11)15/h7H,4-6H2,1-3H3,(H2,11,15). The molecule has 1 atom stereocenters. The average Bonchev–Trinajstić information content (AvgIpc) is 2.16. The average molecular weight is 230 g/mol. The van der Waals surface area contributed by atoms with Crippen LogP contribution in [0.5, 0.6) is 0 Å². The topological polar surface area (TPSA) is 55.6 Å². The molecule has 1 heterocycles. The van der Waals surface area contributed by atoms with Crippen molar-refractivity contribution in [3.8, 4) is 0 Å². The van der Waals surface area contributed by atoms with E-state index in [0.29, 0.717) is 19.7 Å². The summed E-state index contributed by atoms with van der Waals surface area (Å²) in [6, 6.07) is 0. The molecule has 1 fully saturated rings. The fourth-order valence-electron chi connectivity index (χ4n) is 1.50. The molecule has 15 heavy (non-hydrogen) atoms. The number of thiocarbonyl (C=S) groups is 1. The fourth-order valence-corrected chi connectivity index (χ4v) is 1.59. The van der Waals surface area contributed by atoms with Gasteiger partial charge in [0.25, 0.3) is 0 Å². The zero-order chi connectivity index (χ0) is 11.6. The number of nitrogens with two attached hydrogens (primary N) is 1. The van der Waals surface area contributed by atoms with Gasteiger partial charge in [0, 0.05) is 13.1 Å². The van der Waals surface area contributed by atoms with Gasteiger partial charge in [-0.2, -0.15) is 0 Å². The predicted molar refractivity (Wildman–Crippen MR) is 62.6 cm³/mol. The molecule has 1 amide bonds. The molecule has 2 N–H and O–H groups in total. The Morgan fingerprint density at radius 3 is 2.67 bits per heavy atom. The van der Waals surface area contributed by atoms with Gasteiger partial charge in [0.2, 0.25) is 5.91 Å². The molecule has 86 valence electrons. The summed E-state index contributed by atoms with van der Waals surface area (Å²) in [5.74, 6) is -0.00912. The summed E-state index contributed by atoms with van der Waals surface area (Å²) in [4.78, 5) is 14.1. The number of nitrogens with zero attached hydrogens (tertiary/aromatic N) is 1. The van der Waals surface area contributed by atoms with Crippen molar-refractivity contribution in [1.29, 1.82) is 0 Å². The summed E-state index contributed by atoms with van der Waals surface area (Å²) < 4.78 is 5.37. The maximum Gasteiger partial charge on any atom is 0.235 e. The summed E-state index contributed by atoms with van der Waals surface area (Å²) >= 11 is 4.91. The van der Waals surface area contributed by atoms with Crippen molar-refractivity contribution in [2.45, 2.75) is 26.9 Å². The molecule has 4 nitrogen and oxygen atoms in total. The summed E-state index contributed by atoms with van der Waals surface area (Å²) in [7, 11) is 0. The lowest BCUT2D eigenvalue weighted by molar-refractivity contribution is -0.143. The van der Waals surface area contributed by atoms with Crippen LogP contribution in [0, 0.1) is 5.41 Å². The minimum absolute atomic E-state index is 0.00912. The molecule has 0 aromatic rings. The third kappa shape index (κ3) is 2.66. The number of ether oxygens (including phenoxy) is 1. The van der Waals surface area contributed by atoms with Crippen LogP contribution >= 0.6 is 12.2 Å². The highest BCUT2D eigenvalue weighted by Crippen LogP contribution is 2.21. The van der Waals surface area contributed by atoms with Crippen molar-refractivity contribution in [3.05, 3.63) is 0 Å². The smallest absolute Gasteiger partial charge is 0.235 e. The maximum absolute atomic E-state index is 12.1. The van der Waals surface area contributed by atoms with E-state index in [2.05, 4.69) is 0 Å². The van der Waals surface area contributed by atoms with Crippen molar-refractivity contribution in [3.63, 3.8) is 0 Å². The molecule has 0 aliphatic carbocycles. The van der Waals surface area contributed by atoms with E-state index in [-0.39, 0.29) is 17.0 Å². The van der Waals surface area contributed by atoms with Crippen molar-refractivity contribution in [2.24, 2.45) is 11.1 Å². The largest absolute Gasteiger partial charge is 0.392 e. The number of rotatable bonds is 2. The lowest BCUT2D eigenvalue weighted by atomic mass is 9.91. The van der Waals surface area contributed by atoms with E-state index in [9.17, 15) is 4.79 Å². The van der Waals surface area contributed by atoms with Crippen molar-refractivity contribution in [1.82, 2.24) is 4.90 Å². The third-order valence-corrected chi connectivity index (χ3v) is 3.19. The zero-order valence-corrected chi connectivity index (χ0v) is 10.3. The van der Waals surface area contributed by atoms with Gasteiger partial charge in [0.05, 0.1) is 23.1 Å². The van der Waals surface area contributed by atoms with Gasteiger partial charge in [0.15, 0.2) is 0 Å². The normalized spacial score (nSPS) is 22.6. The second-order valence-corrected chi connectivity index (χ2v) is 4.86. The molecule has 1 unspecified atom stereocenters. The maximum atomic E-state index is 12.1. The Bertz CT molecular complexity index is 279. The van der Waals surface area contributed by atoms with E-state index in [1.807, 2.05) is 6.92 Å². The van der Waals surface area contributed by atoms with Crippen LogP contribution in [-0.2, 0) is 9.53 Å². The molecule has 0 aromatic heterocycles. The first-order valence-electron chi connectivity index (χ1n) is 5.06. The van der Waals surface area contributed by atoms with Gasteiger partial charge in [-0.3, -0.25) is 4.79 Å². The molecule has 0 saturated carbocycles. The summed E-state index contributed by atoms with van der Waals surface area (Å²) in [5.41, 5.74) is 4.81. The Kier molecular flexibility index (Phi) is 3.67. The van der Waals surface area contributed by atoms with Gasteiger partial charge in [0.1, 0.15) is 0 Å². The highest BCUT2D eigenvalue weighted by molar-refractivity contribution is 7.80. The monoisotopic (exact) mass is 230 g/mol. The number of hydrogen-bond acceptors (Lipinski definition) is 3. The molecule has 0 spiro atoms. The van der Waals surface area contributed by atoms with Crippen molar-refractivity contribution >= 4 is 23.1 Å². The molecule has 0 bridgehead atoms. The second-order valence-electron chi connectivity index (χ2n) is 4.42. The van der Waals surface area contributed by atoms with Crippen LogP contribution in [0.1, 0.15) is 20.8 Å². The highest BCUT2D eigenvalue weighted by atomic mass is 32.1. The molecule has 0 radical (unpaired) electrons. The van der Waals surface area contributed by atoms with Crippen molar-refractivity contribution < 1.29 is 9.53 Å². The Morgan fingerprint density at radius 1 is 1.60 bits per heavy atom. The van der Waals surface area contributed by atoms with E-state index in [1.54, 1.807) is 18.7 Å². The number of hydrogen-bond donors (Lipinski definition) is 1. The molecular formula is C10H18N2O2S.